The zero-order valence-corrected chi connectivity index (χ0v) is 17.0. The van der Waals surface area contributed by atoms with Crippen molar-refractivity contribution < 1.29 is 0 Å². The second-order valence-corrected chi connectivity index (χ2v) is 8.43. The fourth-order valence-corrected chi connectivity index (χ4v) is 3.79. The van der Waals surface area contributed by atoms with E-state index in [4.69, 9.17) is 0 Å². The molecule has 1 aromatic carbocycles. The molecule has 0 aliphatic carbocycles. The second kappa shape index (κ2) is 12.8. The van der Waals surface area contributed by atoms with Gasteiger partial charge in [0.15, 0.2) is 0 Å². The molecule has 0 spiro atoms. The highest BCUT2D eigenvalue weighted by molar-refractivity contribution is 7.99. The first-order valence-electron chi connectivity index (χ1n) is 9.30. The summed E-state index contributed by atoms with van der Waals surface area (Å²) < 4.78 is 0. The molecule has 0 radical (unpaired) electrons. The van der Waals surface area contributed by atoms with Crippen molar-refractivity contribution in [3.05, 3.63) is 30.3 Å². The largest absolute Gasteiger partial charge is 0.315 e. The molecule has 24 heavy (non-hydrogen) atoms. The van der Waals surface area contributed by atoms with E-state index in [0.717, 1.165) is 31.3 Å². The maximum absolute atomic E-state index is 3.70. The van der Waals surface area contributed by atoms with Crippen LogP contribution in [-0.2, 0) is 0 Å². The standard InChI is InChI=1S/C20H37N3S/c1-17(2)15-23(5)14-13-21-12-11-19(22-18(3)4)16-24-20-9-7-6-8-10-20/h6-10,17-19,21-22H,11-16H2,1-5H3/t19-/m1/s1. The van der Waals surface area contributed by atoms with Gasteiger partial charge >= 0.3 is 0 Å². The minimum atomic E-state index is 0.531. The van der Waals surface area contributed by atoms with Crippen molar-refractivity contribution in [2.45, 2.75) is 51.1 Å². The van der Waals surface area contributed by atoms with Gasteiger partial charge in [-0.2, -0.15) is 0 Å². The number of benzene rings is 1. The Bertz CT molecular complexity index is 409. The SMILES string of the molecule is CC(C)CN(C)CCNCC[C@H](CSc1ccccc1)NC(C)C. The number of hydrogen-bond donors (Lipinski definition) is 2. The van der Waals surface area contributed by atoms with Crippen LogP contribution in [0.4, 0.5) is 0 Å². The van der Waals surface area contributed by atoms with Crippen LogP contribution < -0.4 is 10.6 Å². The zero-order chi connectivity index (χ0) is 17.8. The molecule has 2 N–H and O–H groups in total. The number of hydrogen-bond acceptors (Lipinski definition) is 4. The molecular formula is C20H37N3S. The van der Waals surface area contributed by atoms with Gasteiger partial charge in [-0.25, -0.2) is 0 Å². The van der Waals surface area contributed by atoms with Crippen molar-refractivity contribution in [2.24, 2.45) is 5.92 Å². The van der Waals surface area contributed by atoms with Crippen molar-refractivity contribution in [3.8, 4) is 0 Å². The molecule has 0 aromatic heterocycles. The number of nitrogens with one attached hydrogen (secondary N) is 2. The van der Waals surface area contributed by atoms with Crippen molar-refractivity contribution in [2.75, 3.05) is 39.0 Å². The van der Waals surface area contributed by atoms with E-state index in [1.165, 1.54) is 17.9 Å². The van der Waals surface area contributed by atoms with Gasteiger partial charge in [-0.3, -0.25) is 0 Å². The Balaban J connectivity index is 2.22. The Hall–Kier alpha value is -0.550. The summed E-state index contributed by atoms with van der Waals surface area (Å²) in [5.74, 6) is 1.86. The Morgan fingerprint density at radius 1 is 1.04 bits per heavy atom. The molecule has 138 valence electrons. The summed E-state index contributed by atoms with van der Waals surface area (Å²) in [5.41, 5.74) is 0. The van der Waals surface area contributed by atoms with Crippen LogP contribution in [0.1, 0.15) is 34.1 Å². The fraction of sp³-hybridized carbons (Fsp3) is 0.700. The summed E-state index contributed by atoms with van der Waals surface area (Å²) >= 11 is 1.95. The fourth-order valence-electron chi connectivity index (χ4n) is 2.79. The molecule has 1 rings (SSSR count). The van der Waals surface area contributed by atoms with Gasteiger partial charge in [-0.1, -0.05) is 45.9 Å². The number of nitrogens with zero attached hydrogens (tertiary/aromatic N) is 1. The highest BCUT2D eigenvalue weighted by atomic mass is 32.2. The van der Waals surface area contributed by atoms with E-state index in [9.17, 15) is 0 Å². The maximum atomic E-state index is 3.70. The molecule has 3 nitrogen and oxygen atoms in total. The smallest absolute Gasteiger partial charge is 0.0176 e. The quantitative estimate of drug-likeness (QED) is 0.418. The lowest BCUT2D eigenvalue weighted by atomic mass is 10.2. The monoisotopic (exact) mass is 351 g/mol. The summed E-state index contributed by atoms with van der Waals surface area (Å²) in [6, 6.07) is 11.8. The van der Waals surface area contributed by atoms with Crippen LogP contribution in [0.25, 0.3) is 0 Å². The predicted octanol–water partition coefficient (Wildman–Crippen LogP) is 3.71. The van der Waals surface area contributed by atoms with E-state index in [0.29, 0.717) is 12.1 Å². The van der Waals surface area contributed by atoms with Crippen LogP contribution in [0.2, 0.25) is 0 Å². The van der Waals surface area contributed by atoms with E-state index in [1.54, 1.807) is 0 Å². The molecule has 0 unspecified atom stereocenters. The average molecular weight is 352 g/mol. The second-order valence-electron chi connectivity index (χ2n) is 7.34. The van der Waals surface area contributed by atoms with E-state index < -0.39 is 0 Å². The summed E-state index contributed by atoms with van der Waals surface area (Å²) in [6.45, 7) is 13.5. The van der Waals surface area contributed by atoms with E-state index >= 15 is 0 Å². The Kier molecular flexibility index (Phi) is 11.4. The average Bonchev–Trinajstić information content (AvgIpc) is 2.52. The van der Waals surface area contributed by atoms with Crippen LogP contribution in [0.5, 0.6) is 0 Å². The third-order valence-electron chi connectivity index (χ3n) is 3.78. The molecule has 0 amide bonds. The normalized spacial score (nSPS) is 13.2. The van der Waals surface area contributed by atoms with Gasteiger partial charge in [0.2, 0.25) is 0 Å². The number of thioether (sulfide) groups is 1. The van der Waals surface area contributed by atoms with E-state index in [-0.39, 0.29) is 0 Å². The van der Waals surface area contributed by atoms with E-state index in [1.807, 2.05) is 11.8 Å². The topological polar surface area (TPSA) is 27.3 Å². The van der Waals surface area contributed by atoms with Crippen LogP contribution in [0.15, 0.2) is 35.2 Å². The third-order valence-corrected chi connectivity index (χ3v) is 4.95. The first-order valence-corrected chi connectivity index (χ1v) is 10.3. The molecule has 4 heteroatoms. The van der Waals surface area contributed by atoms with Gasteiger partial charge < -0.3 is 15.5 Å². The van der Waals surface area contributed by atoms with Gasteiger partial charge in [0.1, 0.15) is 0 Å². The number of likely N-dealkylation sites (N-methyl/N-ethyl adjacent to an activating group) is 1. The number of rotatable bonds is 13. The summed E-state index contributed by atoms with van der Waals surface area (Å²) in [7, 11) is 2.21. The summed E-state index contributed by atoms with van der Waals surface area (Å²) in [6.07, 6.45) is 1.17. The van der Waals surface area contributed by atoms with Crippen LogP contribution in [-0.4, -0.2) is 56.0 Å². The maximum Gasteiger partial charge on any atom is 0.0176 e. The minimum Gasteiger partial charge on any atom is -0.315 e. The van der Waals surface area contributed by atoms with Crippen LogP contribution in [0.3, 0.4) is 0 Å². The van der Waals surface area contributed by atoms with Gasteiger partial charge in [-0.15, -0.1) is 11.8 Å². The third kappa shape index (κ3) is 11.1. The molecule has 0 saturated heterocycles. The molecular weight excluding hydrogens is 314 g/mol. The van der Waals surface area contributed by atoms with Crippen molar-refractivity contribution >= 4 is 11.8 Å². The highest BCUT2D eigenvalue weighted by Crippen LogP contribution is 2.18. The lowest BCUT2D eigenvalue weighted by Crippen LogP contribution is -2.39. The van der Waals surface area contributed by atoms with Gasteiger partial charge in [0.25, 0.3) is 0 Å². The molecule has 0 saturated carbocycles. The van der Waals surface area contributed by atoms with Crippen molar-refractivity contribution in [3.63, 3.8) is 0 Å². The van der Waals surface area contributed by atoms with Crippen molar-refractivity contribution in [1.82, 2.24) is 15.5 Å². The lowest BCUT2D eigenvalue weighted by Gasteiger charge is -2.22. The molecule has 0 heterocycles. The molecule has 0 bridgehead atoms. The molecule has 1 atom stereocenters. The lowest BCUT2D eigenvalue weighted by molar-refractivity contribution is 0.293. The van der Waals surface area contributed by atoms with Gasteiger partial charge in [0.05, 0.1) is 0 Å². The molecule has 0 aliphatic rings. The minimum absolute atomic E-state index is 0.531. The summed E-state index contributed by atoms with van der Waals surface area (Å²) in [5, 5.41) is 7.31. The van der Waals surface area contributed by atoms with Gasteiger partial charge in [0, 0.05) is 42.4 Å². The van der Waals surface area contributed by atoms with E-state index in [2.05, 4.69) is 80.6 Å². The zero-order valence-electron chi connectivity index (χ0n) is 16.2. The first-order chi connectivity index (χ1) is 11.5. The predicted molar refractivity (Wildman–Crippen MR) is 109 cm³/mol. The first kappa shape index (κ1) is 21.5. The van der Waals surface area contributed by atoms with Crippen LogP contribution in [0, 0.1) is 5.92 Å². The Morgan fingerprint density at radius 2 is 1.75 bits per heavy atom. The Morgan fingerprint density at radius 3 is 2.38 bits per heavy atom. The molecule has 0 fully saturated rings. The van der Waals surface area contributed by atoms with Crippen LogP contribution >= 0.6 is 11.8 Å². The molecule has 1 aromatic rings. The van der Waals surface area contributed by atoms with Crippen molar-refractivity contribution in [1.29, 1.82) is 0 Å². The van der Waals surface area contributed by atoms with Gasteiger partial charge in [-0.05, 0) is 38.1 Å². The highest BCUT2D eigenvalue weighted by Gasteiger charge is 2.10. The summed E-state index contributed by atoms with van der Waals surface area (Å²) in [4.78, 5) is 3.77. The Labute approximate surface area is 154 Å². The molecule has 0 aliphatic heterocycles.